The summed E-state index contributed by atoms with van der Waals surface area (Å²) in [6.07, 6.45) is 6.59. The molecule has 1 amide bonds. The average Bonchev–Trinajstić information content (AvgIpc) is 2.73. The summed E-state index contributed by atoms with van der Waals surface area (Å²) >= 11 is 1.68. The second kappa shape index (κ2) is 10.1. The molecule has 2 aromatic carbocycles. The summed E-state index contributed by atoms with van der Waals surface area (Å²) in [4.78, 5) is 13.4. The highest BCUT2D eigenvalue weighted by molar-refractivity contribution is 7.98. The topological polar surface area (TPSA) is 66.5 Å². The third-order valence-corrected chi connectivity index (χ3v) is 7.52. The lowest BCUT2D eigenvalue weighted by Crippen LogP contribution is -2.46. The third kappa shape index (κ3) is 6.45. The van der Waals surface area contributed by atoms with Gasteiger partial charge in [0, 0.05) is 30.1 Å². The van der Waals surface area contributed by atoms with Crippen LogP contribution in [0.5, 0.6) is 0 Å². The summed E-state index contributed by atoms with van der Waals surface area (Å²) in [6, 6.07) is 17.2. The van der Waals surface area contributed by atoms with Crippen molar-refractivity contribution in [3.05, 3.63) is 71.8 Å². The van der Waals surface area contributed by atoms with Crippen molar-refractivity contribution in [2.45, 2.75) is 29.5 Å². The second-order valence-corrected chi connectivity index (χ2v) is 9.88. The van der Waals surface area contributed by atoms with E-state index in [1.54, 1.807) is 17.8 Å². The molecule has 0 aliphatic carbocycles. The first kappa shape index (κ1) is 21.6. The van der Waals surface area contributed by atoms with E-state index < -0.39 is 10.0 Å². The van der Waals surface area contributed by atoms with Crippen molar-refractivity contribution in [1.29, 1.82) is 0 Å². The molecule has 0 atom stereocenters. The Bertz CT molecular complexity index is 934. The van der Waals surface area contributed by atoms with Crippen LogP contribution in [0, 0.1) is 0 Å². The lowest BCUT2D eigenvalue weighted by molar-refractivity contribution is -0.117. The van der Waals surface area contributed by atoms with Crippen molar-refractivity contribution in [2.24, 2.45) is 0 Å². The van der Waals surface area contributed by atoms with Crippen LogP contribution in [0.2, 0.25) is 0 Å². The maximum absolute atomic E-state index is 12.6. The van der Waals surface area contributed by atoms with Crippen LogP contribution in [-0.4, -0.2) is 44.0 Å². The number of piperidine rings is 1. The fourth-order valence-electron chi connectivity index (χ4n) is 3.29. The van der Waals surface area contributed by atoms with Crippen molar-refractivity contribution in [2.75, 3.05) is 19.3 Å². The van der Waals surface area contributed by atoms with Crippen LogP contribution < -0.4 is 5.32 Å². The predicted molar refractivity (Wildman–Crippen MR) is 119 cm³/mol. The van der Waals surface area contributed by atoms with Gasteiger partial charge in [0.15, 0.2) is 0 Å². The largest absolute Gasteiger partial charge is 0.350 e. The number of benzene rings is 2. The summed E-state index contributed by atoms with van der Waals surface area (Å²) in [6.45, 7) is 0.861. The molecule has 2 aromatic rings. The molecule has 5 nitrogen and oxygen atoms in total. The van der Waals surface area contributed by atoms with Crippen LogP contribution in [0.3, 0.4) is 0 Å². The molecule has 0 aromatic heterocycles. The Morgan fingerprint density at radius 3 is 2.38 bits per heavy atom. The number of sulfonamides is 1. The molecule has 1 N–H and O–H groups in total. The smallest absolute Gasteiger partial charge is 0.244 e. The van der Waals surface area contributed by atoms with Crippen LogP contribution in [0.4, 0.5) is 0 Å². The molecule has 154 valence electrons. The first-order valence-electron chi connectivity index (χ1n) is 9.60. The van der Waals surface area contributed by atoms with Gasteiger partial charge in [-0.2, -0.15) is 0 Å². The highest BCUT2D eigenvalue weighted by Gasteiger charge is 2.28. The molecule has 0 bridgehead atoms. The van der Waals surface area contributed by atoms with Gasteiger partial charge in [-0.05, 0) is 48.4 Å². The molecular weight excluding hydrogens is 404 g/mol. The number of nitrogens with zero attached hydrogens (tertiary/aromatic N) is 1. The van der Waals surface area contributed by atoms with Gasteiger partial charge in [-0.15, -0.1) is 11.8 Å². The summed E-state index contributed by atoms with van der Waals surface area (Å²) in [7, 11) is -3.34. The van der Waals surface area contributed by atoms with Crippen LogP contribution in [0.15, 0.2) is 65.6 Å². The molecule has 1 heterocycles. The molecule has 3 rings (SSSR count). The second-order valence-electron chi connectivity index (χ2n) is 7.03. The molecule has 0 unspecified atom stereocenters. The van der Waals surface area contributed by atoms with Gasteiger partial charge < -0.3 is 5.32 Å². The normalized spacial score (nSPS) is 16.2. The zero-order valence-electron chi connectivity index (χ0n) is 16.5. The van der Waals surface area contributed by atoms with Crippen molar-refractivity contribution in [3.63, 3.8) is 0 Å². The average molecular weight is 431 g/mol. The molecule has 1 saturated heterocycles. The first-order chi connectivity index (χ1) is 14.0. The van der Waals surface area contributed by atoms with Gasteiger partial charge in [0.05, 0.1) is 5.75 Å². The van der Waals surface area contributed by atoms with Crippen molar-refractivity contribution < 1.29 is 13.2 Å². The molecule has 7 heteroatoms. The van der Waals surface area contributed by atoms with Crippen LogP contribution >= 0.6 is 11.8 Å². The van der Waals surface area contributed by atoms with E-state index in [0.717, 1.165) is 11.1 Å². The Hall–Kier alpha value is -2.09. The zero-order valence-corrected chi connectivity index (χ0v) is 18.1. The Morgan fingerprint density at radius 1 is 1.10 bits per heavy atom. The van der Waals surface area contributed by atoms with Gasteiger partial charge in [-0.25, -0.2) is 12.7 Å². The zero-order chi connectivity index (χ0) is 20.7. The number of rotatable bonds is 7. The SMILES string of the molecule is CSc1ccc(/C=C/C(=O)NC2CCN(S(=O)(=O)Cc3ccccc3)CC2)cc1. The summed E-state index contributed by atoms with van der Waals surface area (Å²) in [5, 5.41) is 2.98. The summed E-state index contributed by atoms with van der Waals surface area (Å²) in [5.41, 5.74) is 1.76. The standard InChI is InChI=1S/C22H26N2O3S2/c1-28-21-10-7-18(8-11-21)9-12-22(25)23-20-13-15-24(16-14-20)29(26,27)17-19-5-3-2-4-6-19/h2-12,20H,13-17H2,1H3,(H,23,25)/b12-9+. The lowest BCUT2D eigenvalue weighted by Gasteiger charge is -2.31. The van der Waals surface area contributed by atoms with Crippen molar-refractivity contribution in [3.8, 4) is 0 Å². The number of nitrogens with one attached hydrogen (secondary N) is 1. The minimum atomic E-state index is -3.34. The molecule has 0 spiro atoms. The number of hydrogen-bond acceptors (Lipinski definition) is 4. The number of hydrogen-bond donors (Lipinski definition) is 1. The highest BCUT2D eigenvalue weighted by atomic mass is 32.2. The molecule has 0 radical (unpaired) electrons. The monoisotopic (exact) mass is 430 g/mol. The molecule has 1 aliphatic rings. The van der Waals surface area contributed by atoms with E-state index in [0.29, 0.717) is 25.9 Å². The third-order valence-electron chi connectivity index (χ3n) is 4.93. The van der Waals surface area contributed by atoms with Gasteiger partial charge in [-0.3, -0.25) is 4.79 Å². The maximum atomic E-state index is 12.6. The summed E-state index contributed by atoms with van der Waals surface area (Å²) < 4.78 is 26.8. The van der Waals surface area contributed by atoms with Gasteiger partial charge >= 0.3 is 0 Å². The van der Waals surface area contributed by atoms with E-state index in [-0.39, 0.29) is 17.7 Å². The predicted octanol–water partition coefficient (Wildman–Crippen LogP) is 3.53. The number of thioether (sulfide) groups is 1. The van der Waals surface area contributed by atoms with Gasteiger partial charge in [-0.1, -0.05) is 42.5 Å². The van der Waals surface area contributed by atoms with Crippen molar-refractivity contribution in [1.82, 2.24) is 9.62 Å². The first-order valence-corrected chi connectivity index (χ1v) is 12.4. The molecule has 1 fully saturated rings. The van der Waals surface area contributed by atoms with Crippen molar-refractivity contribution >= 4 is 33.8 Å². The van der Waals surface area contributed by atoms with E-state index in [2.05, 4.69) is 5.32 Å². The highest BCUT2D eigenvalue weighted by Crippen LogP contribution is 2.18. The fraction of sp³-hybridized carbons (Fsp3) is 0.318. The van der Waals surface area contributed by atoms with Crippen LogP contribution in [0.25, 0.3) is 6.08 Å². The van der Waals surface area contributed by atoms with Gasteiger partial charge in [0.2, 0.25) is 15.9 Å². The van der Waals surface area contributed by atoms with E-state index in [9.17, 15) is 13.2 Å². The lowest BCUT2D eigenvalue weighted by atomic mass is 10.1. The Morgan fingerprint density at radius 2 is 1.76 bits per heavy atom. The molecule has 29 heavy (non-hydrogen) atoms. The minimum absolute atomic E-state index is 0.00538. The number of amides is 1. The van der Waals surface area contributed by atoms with E-state index >= 15 is 0 Å². The van der Waals surface area contributed by atoms with Crippen LogP contribution in [0.1, 0.15) is 24.0 Å². The van der Waals surface area contributed by atoms with Gasteiger partial charge in [0.1, 0.15) is 0 Å². The van der Waals surface area contributed by atoms with Crippen LogP contribution in [-0.2, 0) is 20.6 Å². The fourth-order valence-corrected chi connectivity index (χ4v) is 5.26. The van der Waals surface area contributed by atoms with E-state index in [1.807, 2.05) is 60.9 Å². The quantitative estimate of drug-likeness (QED) is 0.539. The maximum Gasteiger partial charge on any atom is 0.244 e. The summed E-state index contributed by atoms with van der Waals surface area (Å²) in [5.74, 6) is -0.132. The number of carbonyl (C=O) groups excluding carboxylic acids is 1. The van der Waals surface area contributed by atoms with E-state index in [1.165, 1.54) is 15.3 Å². The van der Waals surface area contributed by atoms with E-state index in [4.69, 9.17) is 0 Å². The van der Waals surface area contributed by atoms with Gasteiger partial charge in [0.25, 0.3) is 0 Å². The Balaban J connectivity index is 1.47. The number of carbonyl (C=O) groups is 1. The molecule has 1 aliphatic heterocycles. The minimum Gasteiger partial charge on any atom is -0.350 e. The Kier molecular flexibility index (Phi) is 7.52. The Labute approximate surface area is 177 Å². The molecular formula is C22H26N2O3S2. The molecule has 0 saturated carbocycles.